The van der Waals surface area contributed by atoms with E-state index in [4.69, 9.17) is 9.84 Å². The Morgan fingerprint density at radius 2 is 1.79 bits per heavy atom. The van der Waals surface area contributed by atoms with Crippen molar-refractivity contribution in [1.82, 2.24) is 4.98 Å². The van der Waals surface area contributed by atoms with Gasteiger partial charge in [-0.2, -0.15) is 0 Å². The van der Waals surface area contributed by atoms with Crippen LogP contribution in [0.4, 0.5) is 14.5 Å². The number of ether oxygens (including phenoxy) is 1. The van der Waals surface area contributed by atoms with Crippen LogP contribution < -0.4 is 10.1 Å². The summed E-state index contributed by atoms with van der Waals surface area (Å²) in [6, 6.07) is 11.4. The topological polar surface area (TPSA) is 88.5 Å². The molecule has 0 aliphatic rings. The molecular weight excluding hydrogens is 382 g/mol. The highest BCUT2D eigenvalue weighted by Crippen LogP contribution is 2.29. The third-order valence-electron chi connectivity index (χ3n) is 4.01. The molecule has 29 heavy (non-hydrogen) atoms. The Kier molecular flexibility index (Phi) is 5.82. The number of carbonyl (C=O) groups is 2. The maximum atomic E-state index is 14.6. The third-order valence-corrected chi connectivity index (χ3v) is 4.01. The molecule has 0 aliphatic heterocycles. The minimum absolute atomic E-state index is 0.253. The van der Waals surface area contributed by atoms with Gasteiger partial charge in [0.2, 0.25) is 0 Å². The smallest absolute Gasteiger partial charge is 0.338 e. The Bertz CT molecular complexity index is 1060. The Morgan fingerprint density at radius 1 is 1.07 bits per heavy atom. The van der Waals surface area contributed by atoms with Crippen molar-refractivity contribution in [3.8, 4) is 16.9 Å². The van der Waals surface area contributed by atoms with Crippen LogP contribution in [0.5, 0.6) is 5.75 Å². The number of benzene rings is 2. The van der Waals surface area contributed by atoms with Crippen molar-refractivity contribution in [3.63, 3.8) is 0 Å². The van der Waals surface area contributed by atoms with E-state index in [-0.39, 0.29) is 11.1 Å². The lowest BCUT2D eigenvalue weighted by Gasteiger charge is -2.11. The normalized spacial score (nSPS) is 10.4. The number of carboxylic acids is 1. The zero-order valence-corrected chi connectivity index (χ0v) is 15.3. The number of nitrogens with zero attached hydrogens (tertiary/aromatic N) is 1. The van der Waals surface area contributed by atoms with Crippen LogP contribution in [0.2, 0.25) is 0 Å². The summed E-state index contributed by atoms with van der Waals surface area (Å²) in [5.74, 6) is -3.88. The van der Waals surface area contributed by atoms with Crippen molar-refractivity contribution in [2.24, 2.45) is 0 Å². The first-order chi connectivity index (χ1) is 13.9. The molecule has 3 rings (SSSR count). The zero-order chi connectivity index (χ0) is 21.0. The first kappa shape index (κ1) is 19.9. The van der Waals surface area contributed by atoms with Crippen molar-refractivity contribution < 1.29 is 28.2 Å². The minimum atomic E-state index is -1.38. The van der Waals surface area contributed by atoms with Crippen LogP contribution in [0.25, 0.3) is 11.1 Å². The van der Waals surface area contributed by atoms with Gasteiger partial charge in [0.25, 0.3) is 5.91 Å². The summed E-state index contributed by atoms with van der Waals surface area (Å²) < 4.78 is 34.5. The van der Waals surface area contributed by atoms with Gasteiger partial charge in [-0.1, -0.05) is 12.1 Å². The van der Waals surface area contributed by atoms with Crippen LogP contribution in [-0.2, 0) is 0 Å². The molecular formula is C21H16F2N2O4. The first-order valence-electron chi connectivity index (χ1n) is 8.62. The van der Waals surface area contributed by atoms with Crippen LogP contribution in [0, 0.1) is 11.6 Å². The number of rotatable bonds is 6. The molecule has 0 radical (unpaired) electrons. The SMILES string of the molecule is CCOc1cccc(-c2cc(F)c(NC(=O)c3ncccc3C(=O)O)c(F)c2)c1. The summed E-state index contributed by atoms with van der Waals surface area (Å²) in [7, 11) is 0. The van der Waals surface area contributed by atoms with Crippen LogP contribution >= 0.6 is 0 Å². The molecule has 0 saturated heterocycles. The van der Waals surface area contributed by atoms with E-state index >= 15 is 0 Å². The van der Waals surface area contributed by atoms with Crippen molar-refractivity contribution in [2.45, 2.75) is 6.92 Å². The van der Waals surface area contributed by atoms with Gasteiger partial charge in [-0.15, -0.1) is 0 Å². The Balaban J connectivity index is 1.92. The number of pyridine rings is 1. The van der Waals surface area contributed by atoms with Gasteiger partial charge in [0, 0.05) is 6.20 Å². The molecule has 1 aromatic heterocycles. The first-order valence-corrected chi connectivity index (χ1v) is 8.62. The number of amides is 1. The van der Waals surface area contributed by atoms with Gasteiger partial charge in [-0.3, -0.25) is 9.78 Å². The molecule has 8 heteroatoms. The molecule has 0 spiro atoms. The average Bonchev–Trinajstić information content (AvgIpc) is 2.71. The molecule has 2 N–H and O–H groups in total. The largest absolute Gasteiger partial charge is 0.494 e. The van der Waals surface area contributed by atoms with Gasteiger partial charge < -0.3 is 15.2 Å². The van der Waals surface area contributed by atoms with E-state index in [1.807, 2.05) is 6.92 Å². The van der Waals surface area contributed by atoms with Crippen LogP contribution in [0.1, 0.15) is 27.8 Å². The fourth-order valence-corrected chi connectivity index (χ4v) is 2.72. The van der Waals surface area contributed by atoms with Gasteiger partial charge in [0.1, 0.15) is 28.8 Å². The number of aromatic nitrogens is 1. The molecule has 0 atom stereocenters. The van der Waals surface area contributed by atoms with E-state index in [0.29, 0.717) is 17.9 Å². The quantitative estimate of drug-likeness (QED) is 0.644. The van der Waals surface area contributed by atoms with Gasteiger partial charge in [-0.05, 0) is 54.4 Å². The molecule has 3 aromatic rings. The highest BCUT2D eigenvalue weighted by molar-refractivity contribution is 6.09. The van der Waals surface area contributed by atoms with Crippen molar-refractivity contribution in [3.05, 3.63) is 77.6 Å². The number of hydrogen-bond donors (Lipinski definition) is 2. The van der Waals surface area contributed by atoms with Crippen LogP contribution in [0.3, 0.4) is 0 Å². The molecule has 6 nitrogen and oxygen atoms in total. The standard InChI is InChI=1S/C21H16F2N2O4/c1-2-29-14-6-3-5-12(9-14)13-10-16(22)19(17(23)11-13)25-20(26)18-15(21(27)28)7-4-8-24-18/h3-11H,2H2,1H3,(H,25,26)(H,27,28). The lowest BCUT2D eigenvalue weighted by Crippen LogP contribution is -2.19. The molecule has 0 aliphatic carbocycles. The van der Waals surface area contributed by atoms with Gasteiger partial charge in [0.05, 0.1) is 12.2 Å². The number of anilines is 1. The minimum Gasteiger partial charge on any atom is -0.494 e. The molecule has 2 aromatic carbocycles. The summed E-state index contributed by atoms with van der Waals surface area (Å²) in [6.07, 6.45) is 1.21. The molecule has 0 bridgehead atoms. The number of aromatic carboxylic acids is 1. The van der Waals surface area contributed by atoms with E-state index in [1.165, 1.54) is 18.3 Å². The Morgan fingerprint density at radius 3 is 2.45 bits per heavy atom. The van der Waals surface area contributed by atoms with E-state index in [2.05, 4.69) is 10.3 Å². The van der Waals surface area contributed by atoms with Gasteiger partial charge in [0.15, 0.2) is 0 Å². The third kappa shape index (κ3) is 4.37. The number of hydrogen-bond acceptors (Lipinski definition) is 4. The number of carbonyl (C=O) groups excluding carboxylic acids is 1. The number of carboxylic acid groups (broad SMARTS) is 1. The Labute approximate surface area is 164 Å². The van der Waals surface area contributed by atoms with E-state index in [0.717, 1.165) is 12.1 Å². The van der Waals surface area contributed by atoms with Crippen molar-refractivity contribution in [2.75, 3.05) is 11.9 Å². The predicted molar refractivity (Wildman–Crippen MR) is 102 cm³/mol. The maximum absolute atomic E-state index is 14.6. The van der Waals surface area contributed by atoms with Crippen molar-refractivity contribution >= 4 is 17.6 Å². The molecule has 0 saturated carbocycles. The maximum Gasteiger partial charge on any atom is 0.338 e. The molecule has 1 amide bonds. The average molecular weight is 398 g/mol. The van der Waals surface area contributed by atoms with Crippen LogP contribution in [0.15, 0.2) is 54.7 Å². The number of nitrogens with one attached hydrogen (secondary N) is 1. The predicted octanol–water partition coefficient (Wildman–Crippen LogP) is 4.38. The number of halogens is 2. The zero-order valence-electron chi connectivity index (χ0n) is 15.3. The van der Waals surface area contributed by atoms with Crippen LogP contribution in [-0.4, -0.2) is 28.6 Å². The highest BCUT2D eigenvalue weighted by Gasteiger charge is 2.21. The van der Waals surface area contributed by atoms with E-state index < -0.39 is 34.9 Å². The second-order valence-corrected chi connectivity index (χ2v) is 5.93. The monoisotopic (exact) mass is 398 g/mol. The Hall–Kier alpha value is -3.81. The summed E-state index contributed by atoms with van der Waals surface area (Å²) in [6.45, 7) is 2.27. The summed E-state index contributed by atoms with van der Waals surface area (Å²) >= 11 is 0. The van der Waals surface area contributed by atoms with Crippen molar-refractivity contribution in [1.29, 1.82) is 0 Å². The molecule has 0 unspecified atom stereocenters. The molecule has 148 valence electrons. The summed E-state index contributed by atoms with van der Waals surface area (Å²) in [4.78, 5) is 27.2. The van der Waals surface area contributed by atoms with Gasteiger partial charge in [-0.25, -0.2) is 13.6 Å². The second-order valence-electron chi connectivity index (χ2n) is 5.93. The van der Waals surface area contributed by atoms with E-state index in [1.54, 1.807) is 24.3 Å². The van der Waals surface area contributed by atoms with Gasteiger partial charge >= 0.3 is 5.97 Å². The highest BCUT2D eigenvalue weighted by atomic mass is 19.1. The lowest BCUT2D eigenvalue weighted by molar-refractivity contribution is 0.0691. The lowest BCUT2D eigenvalue weighted by atomic mass is 10.0. The summed E-state index contributed by atoms with van der Waals surface area (Å²) in [5, 5.41) is 11.2. The molecule has 0 fully saturated rings. The van der Waals surface area contributed by atoms with E-state index in [9.17, 15) is 18.4 Å². The second kappa shape index (κ2) is 8.47. The summed E-state index contributed by atoms with van der Waals surface area (Å²) in [5.41, 5.74) is -0.739. The fraction of sp³-hybridized carbons (Fsp3) is 0.0952. The fourth-order valence-electron chi connectivity index (χ4n) is 2.72. The molecule has 1 heterocycles.